The Morgan fingerprint density at radius 3 is 2.36 bits per heavy atom. The van der Waals surface area contributed by atoms with Crippen LogP contribution in [0.15, 0.2) is 48.5 Å². The maximum Gasteiger partial charge on any atom is 0.261 e. The molecular formula is C25H34N2O5S. The summed E-state index contributed by atoms with van der Waals surface area (Å²) in [5, 5.41) is 3.19. The molecule has 7 nitrogen and oxygen atoms in total. The van der Waals surface area contributed by atoms with Crippen LogP contribution in [-0.4, -0.2) is 39.3 Å². The summed E-state index contributed by atoms with van der Waals surface area (Å²) in [6, 6.07) is 14.4. The number of benzene rings is 2. The number of para-hydroxylation sites is 1. The Kier molecular flexibility index (Phi) is 7.57. The van der Waals surface area contributed by atoms with Crippen LogP contribution in [0.4, 0.5) is 5.69 Å². The molecule has 2 atom stereocenters. The lowest BCUT2D eigenvalue weighted by Crippen LogP contribution is -2.47. The van der Waals surface area contributed by atoms with Crippen LogP contribution in [0.3, 0.4) is 0 Å². The Hall–Kier alpha value is -2.74. The fraction of sp³-hybridized carbons (Fsp3) is 0.480. The molecule has 2 unspecified atom stereocenters. The van der Waals surface area contributed by atoms with Gasteiger partial charge in [-0.2, -0.15) is 0 Å². The van der Waals surface area contributed by atoms with Gasteiger partial charge in [-0.3, -0.25) is 9.10 Å². The van der Waals surface area contributed by atoms with Crippen LogP contribution in [0.1, 0.15) is 58.1 Å². The molecule has 1 aliphatic rings. The zero-order valence-corrected chi connectivity index (χ0v) is 20.8. The van der Waals surface area contributed by atoms with E-state index < -0.39 is 16.1 Å². The highest BCUT2D eigenvalue weighted by Gasteiger charge is 2.39. The molecule has 0 saturated carbocycles. The van der Waals surface area contributed by atoms with E-state index in [2.05, 4.69) is 19.2 Å². The minimum Gasteiger partial charge on any atom is -0.487 e. The molecule has 0 spiro atoms. The Morgan fingerprint density at radius 1 is 1.15 bits per heavy atom. The van der Waals surface area contributed by atoms with Crippen LogP contribution >= 0.6 is 0 Å². The zero-order chi connectivity index (χ0) is 24.2. The Bertz CT molecular complexity index is 1060. The number of carbonyl (C=O) groups excluding carboxylic acids is 1. The van der Waals surface area contributed by atoms with Crippen LogP contribution in [0.2, 0.25) is 0 Å². The summed E-state index contributed by atoms with van der Waals surface area (Å²) >= 11 is 0. The Balaban J connectivity index is 1.74. The number of ether oxygens (including phenoxy) is 2. The molecule has 1 aliphatic heterocycles. The van der Waals surface area contributed by atoms with E-state index in [4.69, 9.17) is 9.47 Å². The highest BCUT2D eigenvalue weighted by Crippen LogP contribution is 2.42. The molecule has 1 heterocycles. The second kappa shape index (κ2) is 10.0. The number of hydrogen-bond donors (Lipinski definition) is 1. The van der Waals surface area contributed by atoms with Gasteiger partial charge in [-0.25, -0.2) is 8.42 Å². The van der Waals surface area contributed by atoms with Crippen molar-refractivity contribution in [2.75, 3.05) is 17.6 Å². The van der Waals surface area contributed by atoms with E-state index in [1.54, 1.807) is 24.3 Å². The third-order valence-electron chi connectivity index (χ3n) is 6.44. The molecule has 0 fully saturated rings. The van der Waals surface area contributed by atoms with E-state index in [-0.39, 0.29) is 17.6 Å². The van der Waals surface area contributed by atoms with Crippen molar-refractivity contribution in [3.63, 3.8) is 0 Å². The van der Waals surface area contributed by atoms with E-state index >= 15 is 0 Å². The minimum absolute atomic E-state index is 0.161. The number of amides is 1. The highest BCUT2D eigenvalue weighted by molar-refractivity contribution is 7.92. The molecule has 2 aromatic carbocycles. The molecule has 0 aliphatic carbocycles. The van der Waals surface area contributed by atoms with Crippen molar-refractivity contribution in [1.82, 2.24) is 5.32 Å². The van der Waals surface area contributed by atoms with Gasteiger partial charge in [0.2, 0.25) is 10.0 Å². The first kappa shape index (κ1) is 24.9. The van der Waals surface area contributed by atoms with Crippen molar-refractivity contribution in [3.05, 3.63) is 54.1 Å². The van der Waals surface area contributed by atoms with E-state index in [1.807, 2.05) is 31.2 Å². The van der Waals surface area contributed by atoms with Gasteiger partial charge in [-0.05, 0) is 49.6 Å². The smallest absolute Gasteiger partial charge is 0.261 e. The van der Waals surface area contributed by atoms with Gasteiger partial charge in [0.15, 0.2) is 6.10 Å². The Labute approximate surface area is 197 Å². The van der Waals surface area contributed by atoms with Crippen molar-refractivity contribution >= 4 is 21.6 Å². The lowest BCUT2D eigenvalue weighted by Gasteiger charge is -2.42. The van der Waals surface area contributed by atoms with Crippen molar-refractivity contribution in [2.45, 2.75) is 64.2 Å². The second-order valence-electron chi connectivity index (χ2n) is 8.53. The predicted octanol–water partition coefficient (Wildman–Crippen LogP) is 4.44. The van der Waals surface area contributed by atoms with Crippen LogP contribution in [0.25, 0.3) is 0 Å². The fourth-order valence-corrected chi connectivity index (χ4v) is 4.61. The van der Waals surface area contributed by atoms with Gasteiger partial charge in [0.05, 0.1) is 18.0 Å². The van der Waals surface area contributed by atoms with Crippen molar-refractivity contribution < 1.29 is 22.7 Å². The molecule has 0 saturated heterocycles. The summed E-state index contributed by atoms with van der Waals surface area (Å²) in [5.74, 6) is 1.14. The summed E-state index contributed by atoms with van der Waals surface area (Å²) in [4.78, 5) is 13.2. The summed E-state index contributed by atoms with van der Waals surface area (Å²) < 4.78 is 37.0. The molecular weight excluding hydrogens is 440 g/mol. The maximum atomic E-state index is 13.2. The first-order chi connectivity index (χ1) is 15.6. The summed E-state index contributed by atoms with van der Waals surface area (Å²) in [6.45, 7) is 6.12. The highest BCUT2D eigenvalue weighted by atomic mass is 32.2. The van der Waals surface area contributed by atoms with Crippen molar-refractivity contribution in [1.29, 1.82) is 0 Å². The van der Waals surface area contributed by atoms with Crippen LogP contribution in [0, 0.1) is 0 Å². The number of anilines is 1. The van der Waals surface area contributed by atoms with Gasteiger partial charge in [-0.1, -0.05) is 39.0 Å². The summed E-state index contributed by atoms with van der Waals surface area (Å²) in [6.07, 6.45) is 3.38. The number of hydrogen-bond acceptors (Lipinski definition) is 5. The SMILES string of the molecule is CCC(Oc1ccc(N(C)S(C)(=O)=O)cc1)C(=O)NC1CC(CC)(CC)Oc2ccccc21. The first-order valence-electron chi connectivity index (χ1n) is 11.4. The predicted molar refractivity (Wildman–Crippen MR) is 130 cm³/mol. The number of carbonyl (C=O) groups is 1. The first-order valence-corrected chi connectivity index (χ1v) is 13.3. The standard InChI is InChI=1S/C25H34N2O5S/c1-6-22(31-19-15-13-18(14-16-19)27(4)33(5,29)30)24(28)26-21-17-25(7-2,8-3)32-23-12-10-9-11-20(21)23/h9-16,21-22H,6-8,17H2,1-5H3,(H,26,28). The van der Waals surface area contributed by atoms with Crippen LogP contribution < -0.4 is 19.1 Å². The fourth-order valence-electron chi connectivity index (χ4n) is 4.11. The number of fused-ring (bicyclic) bond motifs is 1. The number of rotatable bonds is 9. The molecule has 2 aromatic rings. The molecule has 180 valence electrons. The average molecular weight is 475 g/mol. The quantitative estimate of drug-likeness (QED) is 0.581. The topological polar surface area (TPSA) is 84.9 Å². The van der Waals surface area contributed by atoms with Gasteiger partial charge < -0.3 is 14.8 Å². The lowest BCUT2D eigenvalue weighted by molar-refractivity contribution is -0.129. The van der Waals surface area contributed by atoms with Gasteiger partial charge in [0.1, 0.15) is 17.1 Å². The molecule has 8 heteroatoms. The second-order valence-corrected chi connectivity index (χ2v) is 10.5. The largest absolute Gasteiger partial charge is 0.487 e. The molecule has 1 N–H and O–H groups in total. The van der Waals surface area contributed by atoms with Crippen LogP contribution in [0.5, 0.6) is 11.5 Å². The van der Waals surface area contributed by atoms with Gasteiger partial charge in [-0.15, -0.1) is 0 Å². The van der Waals surface area contributed by atoms with Crippen LogP contribution in [-0.2, 0) is 14.8 Å². The average Bonchev–Trinajstić information content (AvgIpc) is 2.81. The van der Waals surface area contributed by atoms with Crippen molar-refractivity contribution in [3.8, 4) is 11.5 Å². The molecule has 0 bridgehead atoms. The molecule has 3 rings (SSSR count). The van der Waals surface area contributed by atoms with Gasteiger partial charge >= 0.3 is 0 Å². The third-order valence-corrected chi connectivity index (χ3v) is 7.65. The minimum atomic E-state index is -3.35. The van der Waals surface area contributed by atoms with Gasteiger partial charge in [0, 0.05) is 19.0 Å². The lowest BCUT2D eigenvalue weighted by atomic mass is 9.83. The Morgan fingerprint density at radius 2 is 1.79 bits per heavy atom. The monoisotopic (exact) mass is 474 g/mol. The third kappa shape index (κ3) is 5.61. The van der Waals surface area contributed by atoms with Crippen molar-refractivity contribution in [2.24, 2.45) is 0 Å². The van der Waals surface area contributed by atoms with E-state index in [1.165, 1.54) is 11.4 Å². The van der Waals surface area contributed by atoms with E-state index in [0.717, 1.165) is 30.4 Å². The molecule has 0 radical (unpaired) electrons. The number of nitrogens with zero attached hydrogens (tertiary/aromatic N) is 1. The maximum absolute atomic E-state index is 13.2. The molecule has 0 aromatic heterocycles. The van der Waals surface area contributed by atoms with E-state index in [9.17, 15) is 13.2 Å². The summed E-state index contributed by atoms with van der Waals surface area (Å²) in [5.41, 5.74) is 1.19. The van der Waals surface area contributed by atoms with E-state index in [0.29, 0.717) is 24.3 Å². The summed E-state index contributed by atoms with van der Waals surface area (Å²) in [7, 11) is -1.85. The van der Waals surface area contributed by atoms with Gasteiger partial charge in [0.25, 0.3) is 5.91 Å². The molecule has 1 amide bonds. The number of sulfonamides is 1. The number of nitrogens with one attached hydrogen (secondary N) is 1. The normalized spacial score (nSPS) is 17.9. The zero-order valence-electron chi connectivity index (χ0n) is 20.0. The molecule has 33 heavy (non-hydrogen) atoms.